The molecule has 0 aromatic carbocycles. The molecule has 0 aliphatic carbocycles. The highest BCUT2D eigenvalue weighted by atomic mass is 32.2. The summed E-state index contributed by atoms with van der Waals surface area (Å²) < 4.78 is 0. The van der Waals surface area contributed by atoms with Crippen LogP contribution >= 0.6 is 11.8 Å². The van der Waals surface area contributed by atoms with Gasteiger partial charge < -0.3 is 20.6 Å². The number of likely N-dealkylation sites (N-methyl/N-ethyl adjacent to an activating group) is 1. The van der Waals surface area contributed by atoms with Gasteiger partial charge >= 0.3 is 5.97 Å². The number of aliphatic hydroxyl groups excluding tert-OH is 2. The van der Waals surface area contributed by atoms with Gasteiger partial charge in [-0.25, -0.2) is 0 Å². The molecule has 0 rings (SSSR count). The zero-order chi connectivity index (χ0) is 13.3. The third-order valence-corrected chi connectivity index (χ3v) is 3.96. The molecule has 0 saturated carbocycles. The van der Waals surface area contributed by atoms with Crippen LogP contribution in [0.25, 0.3) is 0 Å². The Morgan fingerprint density at radius 2 is 2.12 bits per heavy atom. The van der Waals surface area contributed by atoms with Crippen LogP contribution in [0.4, 0.5) is 0 Å². The van der Waals surface area contributed by atoms with Gasteiger partial charge in [-0.2, -0.15) is 11.8 Å². The SMILES string of the molecule is CNC(C)(CCCCSCC(O)CO)C(=O)O. The molecule has 17 heavy (non-hydrogen) atoms. The lowest BCUT2D eigenvalue weighted by atomic mass is 9.95. The lowest BCUT2D eigenvalue weighted by Crippen LogP contribution is -2.47. The summed E-state index contributed by atoms with van der Waals surface area (Å²) in [5, 5.41) is 29.5. The summed E-state index contributed by atoms with van der Waals surface area (Å²) >= 11 is 1.57. The first-order valence-electron chi connectivity index (χ1n) is 5.75. The molecule has 5 nitrogen and oxygen atoms in total. The van der Waals surface area contributed by atoms with Crippen molar-refractivity contribution < 1.29 is 20.1 Å². The second kappa shape index (κ2) is 8.74. The summed E-state index contributed by atoms with van der Waals surface area (Å²) in [5.74, 6) is 0.568. The molecule has 2 unspecified atom stereocenters. The summed E-state index contributed by atoms with van der Waals surface area (Å²) in [6, 6.07) is 0. The predicted octanol–water partition coefficient (Wildman–Crippen LogP) is 0.306. The standard InChI is InChI=1S/C11H23NO4S/c1-11(12-2,10(15)16)5-3-4-6-17-8-9(14)7-13/h9,12-14H,3-8H2,1-2H3,(H,15,16). The van der Waals surface area contributed by atoms with Crippen LogP contribution in [0, 0.1) is 0 Å². The fourth-order valence-electron chi connectivity index (χ4n) is 1.29. The largest absolute Gasteiger partial charge is 0.480 e. The fraction of sp³-hybridized carbons (Fsp3) is 0.909. The topological polar surface area (TPSA) is 89.8 Å². The van der Waals surface area contributed by atoms with E-state index in [0.29, 0.717) is 12.2 Å². The smallest absolute Gasteiger partial charge is 0.323 e. The van der Waals surface area contributed by atoms with Gasteiger partial charge in [0, 0.05) is 5.75 Å². The Hall–Kier alpha value is -0.300. The highest BCUT2D eigenvalue weighted by Gasteiger charge is 2.29. The van der Waals surface area contributed by atoms with Crippen LogP contribution in [0.1, 0.15) is 26.2 Å². The first kappa shape index (κ1) is 16.7. The van der Waals surface area contributed by atoms with Crippen molar-refractivity contribution in [3.63, 3.8) is 0 Å². The lowest BCUT2D eigenvalue weighted by Gasteiger charge is -2.23. The third kappa shape index (κ3) is 6.88. The van der Waals surface area contributed by atoms with E-state index in [-0.39, 0.29) is 6.61 Å². The minimum absolute atomic E-state index is 0.205. The molecule has 6 heteroatoms. The first-order chi connectivity index (χ1) is 7.96. The number of rotatable bonds is 10. The zero-order valence-electron chi connectivity index (χ0n) is 10.5. The predicted molar refractivity (Wildman–Crippen MR) is 69.4 cm³/mol. The maximum Gasteiger partial charge on any atom is 0.323 e. The monoisotopic (exact) mass is 265 g/mol. The van der Waals surface area contributed by atoms with E-state index in [0.717, 1.165) is 18.6 Å². The molecular formula is C11H23NO4S. The Balaban J connectivity index is 3.60. The Kier molecular flexibility index (Phi) is 8.59. The third-order valence-electron chi connectivity index (χ3n) is 2.76. The summed E-state index contributed by atoms with van der Waals surface area (Å²) in [5.41, 5.74) is -0.852. The quantitative estimate of drug-likeness (QED) is 0.425. The van der Waals surface area contributed by atoms with Crippen molar-refractivity contribution in [2.45, 2.75) is 37.8 Å². The van der Waals surface area contributed by atoms with Gasteiger partial charge in [-0.3, -0.25) is 4.79 Å². The van der Waals surface area contributed by atoms with Crippen molar-refractivity contribution >= 4 is 17.7 Å². The van der Waals surface area contributed by atoms with Crippen molar-refractivity contribution in [2.75, 3.05) is 25.2 Å². The number of aliphatic hydroxyl groups is 2. The Bertz CT molecular complexity index is 228. The van der Waals surface area contributed by atoms with Gasteiger partial charge in [-0.15, -0.1) is 0 Å². The number of carboxylic acids is 1. The number of hydrogen-bond donors (Lipinski definition) is 4. The Morgan fingerprint density at radius 1 is 1.47 bits per heavy atom. The number of hydrogen-bond acceptors (Lipinski definition) is 5. The van der Waals surface area contributed by atoms with Gasteiger partial charge in [-0.1, -0.05) is 6.42 Å². The van der Waals surface area contributed by atoms with Crippen LogP contribution in [-0.4, -0.2) is 58.1 Å². The Morgan fingerprint density at radius 3 is 2.59 bits per heavy atom. The molecule has 0 radical (unpaired) electrons. The van der Waals surface area contributed by atoms with Gasteiger partial charge in [0.25, 0.3) is 0 Å². The molecule has 0 spiro atoms. The van der Waals surface area contributed by atoms with E-state index < -0.39 is 17.6 Å². The molecule has 2 atom stereocenters. The second-order valence-corrected chi connectivity index (χ2v) is 5.41. The maximum absolute atomic E-state index is 11.0. The molecule has 102 valence electrons. The van der Waals surface area contributed by atoms with E-state index >= 15 is 0 Å². The molecule has 0 aromatic rings. The molecule has 0 heterocycles. The van der Waals surface area contributed by atoms with E-state index in [2.05, 4.69) is 5.32 Å². The average Bonchev–Trinajstić information content (AvgIpc) is 2.32. The van der Waals surface area contributed by atoms with Gasteiger partial charge in [0.2, 0.25) is 0 Å². The Labute approximate surface area is 107 Å². The average molecular weight is 265 g/mol. The molecule has 0 saturated heterocycles. The van der Waals surface area contributed by atoms with Crippen LogP contribution in [0.15, 0.2) is 0 Å². The lowest BCUT2D eigenvalue weighted by molar-refractivity contribution is -0.144. The van der Waals surface area contributed by atoms with Gasteiger partial charge in [-0.05, 0) is 32.6 Å². The molecule has 0 aliphatic rings. The van der Waals surface area contributed by atoms with Crippen molar-refractivity contribution in [3.8, 4) is 0 Å². The molecule has 4 N–H and O–H groups in total. The minimum atomic E-state index is -0.852. The van der Waals surface area contributed by atoms with Crippen molar-refractivity contribution in [1.82, 2.24) is 5.32 Å². The zero-order valence-corrected chi connectivity index (χ0v) is 11.3. The molecule has 0 amide bonds. The highest BCUT2D eigenvalue weighted by molar-refractivity contribution is 7.99. The van der Waals surface area contributed by atoms with Crippen LogP contribution in [0.5, 0.6) is 0 Å². The normalized spacial score (nSPS) is 16.5. The first-order valence-corrected chi connectivity index (χ1v) is 6.90. The van der Waals surface area contributed by atoms with Crippen LogP contribution < -0.4 is 5.32 Å². The van der Waals surface area contributed by atoms with Gasteiger partial charge in [0.05, 0.1) is 12.7 Å². The number of aliphatic carboxylic acids is 1. The highest BCUT2D eigenvalue weighted by Crippen LogP contribution is 2.15. The van der Waals surface area contributed by atoms with Gasteiger partial charge in [0.1, 0.15) is 5.54 Å². The number of nitrogens with one attached hydrogen (secondary N) is 1. The van der Waals surface area contributed by atoms with Crippen molar-refractivity contribution in [1.29, 1.82) is 0 Å². The minimum Gasteiger partial charge on any atom is -0.480 e. The molecule has 0 aliphatic heterocycles. The molecule has 0 aromatic heterocycles. The van der Waals surface area contributed by atoms with E-state index in [1.54, 1.807) is 25.7 Å². The van der Waals surface area contributed by atoms with Crippen molar-refractivity contribution in [2.24, 2.45) is 0 Å². The number of thioether (sulfide) groups is 1. The van der Waals surface area contributed by atoms with Crippen molar-refractivity contribution in [3.05, 3.63) is 0 Å². The van der Waals surface area contributed by atoms with Crippen LogP contribution in [0.3, 0.4) is 0 Å². The summed E-state index contributed by atoms with van der Waals surface area (Å²) in [7, 11) is 1.65. The number of carbonyl (C=O) groups is 1. The van der Waals surface area contributed by atoms with E-state index in [1.165, 1.54) is 0 Å². The second-order valence-electron chi connectivity index (χ2n) is 4.26. The summed E-state index contributed by atoms with van der Waals surface area (Å²) in [6.07, 6.45) is 1.67. The molecular weight excluding hydrogens is 242 g/mol. The number of unbranched alkanes of at least 4 members (excludes halogenated alkanes) is 1. The van der Waals surface area contributed by atoms with E-state index in [1.807, 2.05) is 0 Å². The van der Waals surface area contributed by atoms with Crippen LogP contribution in [-0.2, 0) is 4.79 Å². The molecule has 0 fully saturated rings. The summed E-state index contributed by atoms with van der Waals surface area (Å²) in [6.45, 7) is 1.47. The fourth-order valence-corrected chi connectivity index (χ4v) is 2.25. The molecule has 0 bridgehead atoms. The van der Waals surface area contributed by atoms with Gasteiger partial charge in [0.15, 0.2) is 0 Å². The number of carboxylic acid groups (broad SMARTS) is 1. The van der Waals surface area contributed by atoms with E-state index in [4.69, 9.17) is 15.3 Å². The maximum atomic E-state index is 11.0. The van der Waals surface area contributed by atoms with E-state index in [9.17, 15) is 4.79 Å². The summed E-state index contributed by atoms with van der Waals surface area (Å²) in [4.78, 5) is 11.0. The van der Waals surface area contributed by atoms with Crippen LogP contribution in [0.2, 0.25) is 0 Å².